The molecule has 1 N–H and O–H groups in total. The van der Waals surface area contributed by atoms with E-state index in [-0.39, 0.29) is 0 Å². The van der Waals surface area contributed by atoms with Crippen LogP contribution in [0.25, 0.3) is 0 Å². The molecular formula is C16H25NOS. The first-order valence-corrected chi connectivity index (χ1v) is 8.33. The van der Waals surface area contributed by atoms with Crippen molar-refractivity contribution in [1.29, 1.82) is 0 Å². The molecule has 1 aromatic rings. The highest BCUT2D eigenvalue weighted by Crippen LogP contribution is 2.27. The zero-order valence-corrected chi connectivity index (χ0v) is 12.8. The molecule has 0 spiro atoms. The molecule has 2 nitrogen and oxygen atoms in total. The van der Waals surface area contributed by atoms with E-state index in [0.29, 0.717) is 6.04 Å². The molecule has 0 bridgehead atoms. The first kappa shape index (κ1) is 14.9. The maximum atomic E-state index is 5.42. The average Bonchev–Trinajstić information content (AvgIpc) is 2.46. The van der Waals surface area contributed by atoms with Crippen molar-refractivity contribution < 1.29 is 4.74 Å². The fourth-order valence-corrected chi connectivity index (χ4v) is 3.69. The minimum Gasteiger partial charge on any atom is -0.381 e. The Bertz CT molecular complexity index is 360. The van der Waals surface area contributed by atoms with Crippen LogP contribution in [0, 0.1) is 6.92 Å². The Morgan fingerprint density at radius 2 is 1.95 bits per heavy atom. The van der Waals surface area contributed by atoms with E-state index in [4.69, 9.17) is 4.74 Å². The van der Waals surface area contributed by atoms with Crippen LogP contribution in [-0.2, 0) is 4.74 Å². The van der Waals surface area contributed by atoms with Gasteiger partial charge in [-0.1, -0.05) is 36.8 Å². The van der Waals surface area contributed by atoms with Crippen LogP contribution in [0.1, 0.15) is 36.9 Å². The molecule has 1 aromatic carbocycles. The number of ether oxygens (including phenoxy) is 1. The van der Waals surface area contributed by atoms with Crippen LogP contribution < -0.4 is 5.32 Å². The van der Waals surface area contributed by atoms with Gasteiger partial charge >= 0.3 is 0 Å². The lowest BCUT2D eigenvalue weighted by Gasteiger charge is -2.25. The van der Waals surface area contributed by atoms with E-state index in [9.17, 15) is 0 Å². The fraction of sp³-hybridized carbons (Fsp3) is 0.625. The van der Waals surface area contributed by atoms with Crippen molar-refractivity contribution in [2.24, 2.45) is 0 Å². The zero-order valence-electron chi connectivity index (χ0n) is 12.0. The van der Waals surface area contributed by atoms with Gasteiger partial charge in [0.2, 0.25) is 0 Å². The van der Waals surface area contributed by atoms with Crippen LogP contribution in [0.15, 0.2) is 24.3 Å². The molecular weight excluding hydrogens is 254 g/mol. The van der Waals surface area contributed by atoms with E-state index in [2.05, 4.69) is 55.2 Å². The lowest BCUT2D eigenvalue weighted by atomic mass is 10.1. The van der Waals surface area contributed by atoms with Crippen molar-refractivity contribution in [2.45, 2.75) is 38.0 Å². The van der Waals surface area contributed by atoms with Crippen LogP contribution in [0.5, 0.6) is 0 Å². The van der Waals surface area contributed by atoms with Gasteiger partial charge in [-0.2, -0.15) is 11.8 Å². The Labute approximate surface area is 121 Å². The molecule has 19 heavy (non-hydrogen) atoms. The van der Waals surface area contributed by atoms with E-state index in [1.54, 1.807) is 0 Å². The summed E-state index contributed by atoms with van der Waals surface area (Å²) in [5, 5.41) is 4.38. The average molecular weight is 279 g/mol. The van der Waals surface area contributed by atoms with Crippen LogP contribution >= 0.6 is 11.8 Å². The number of aryl methyl sites for hydroxylation is 1. The highest BCUT2D eigenvalue weighted by molar-refractivity contribution is 7.99. The number of hydrogen-bond acceptors (Lipinski definition) is 3. The molecule has 3 heteroatoms. The molecule has 0 aromatic heterocycles. The van der Waals surface area contributed by atoms with E-state index in [0.717, 1.165) is 30.8 Å². The Hall–Kier alpha value is -0.510. The summed E-state index contributed by atoms with van der Waals surface area (Å²) in [5.74, 6) is 1.15. The molecule has 1 unspecified atom stereocenters. The van der Waals surface area contributed by atoms with Crippen molar-refractivity contribution in [3.05, 3.63) is 35.4 Å². The molecule has 106 valence electrons. The lowest BCUT2D eigenvalue weighted by molar-refractivity contribution is 0.1000. The highest BCUT2D eigenvalue weighted by atomic mass is 32.2. The molecule has 0 aliphatic carbocycles. The van der Waals surface area contributed by atoms with Crippen LogP contribution in [0.2, 0.25) is 0 Å². The molecule has 0 amide bonds. The maximum Gasteiger partial charge on any atom is 0.0476 e. The number of rotatable bonds is 6. The highest BCUT2D eigenvalue weighted by Gasteiger charge is 2.17. The minimum absolute atomic E-state index is 0.471. The number of hydrogen-bond donors (Lipinski definition) is 1. The molecule has 2 rings (SSSR count). The van der Waals surface area contributed by atoms with Gasteiger partial charge in [0.1, 0.15) is 0 Å². The van der Waals surface area contributed by atoms with Gasteiger partial charge in [-0.3, -0.25) is 0 Å². The van der Waals surface area contributed by atoms with Gasteiger partial charge in [-0.15, -0.1) is 0 Å². The monoisotopic (exact) mass is 279 g/mol. The van der Waals surface area contributed by atoms with Gasteiger partial charge in [0.15, 0.2) is 0 Å². The Balaban J connectivity index is 1.89. The normalized spacial score (nSPS) is 18.4. The predicted octanol–water partition coefficient (Wildman–Crippen LogP) is 3.56. The molecule has 1 aliphatic rings. The van der Waals surface area contributed by atoms with Crippen molar-refractivity contribution >= 4 is 11.8 Å². The van der Waals surface area contributed by atoms with Gasteiger partial charge < -0.3 is 10.1 Å². The third-order valence-electron chi connectivity index (χ3n) is 3.60. The summed E-state index contributed by atoms with van der Waals surface area (Å²) in [6, 6.07) is 9.40. The van der Waals surface area contributed by atoms with Crippen molar-refractivity contribution in [3.8, 4) is 0 Å². The van der Waals surface area contributed by atoms with Gasteiger partial charge in [0.05, 0.1) is 0 Å². The second-order valence-corrected chi connectivity index (χ2v) is 6.50. The topological polar surface area (TPSA) is 21.3 Å². The largest absolute Gasteiger partial charge is 0.381 e. The Morgan fingerprint density at radius 1 is 1.26 bits per heavy atom. The van der Waals surface area contributed by atoms with Crippen LogP contribution in [-0.4, -0.2) is 30.8 Å². The van der Waals surface area contributed by atoms with Crippen molar-refractivity contribution in [2.75, 3.05) is 25.5 Å². The van der Waals surface area contributed by atoms with E-state index < -0.39 is 0 Å². The van der Waals surface area contributed by atoms with Crippen molar-refractivity contribution in [3.63, 3.8) is 0 Å². The van der Waals surface area contributed by atoms with E-state index in [1.807, 2.05) is 0 Å². The second kappa shape index (κ2) is 7.93. The van der Waals surface area contributed by atoms with Gasteiger partial charge in [0.25, 0.3) is 0 Å². The molecule has 1 saturated heterocycles. The third kappa shape index (κ3) is 4.83. The molecule has 1 fully saturated rings. The summed E-state index contributed by atoms with van der Waals surface area (Å²) in [6.45, 7) is 7.22. The summed E-state index contributed by atoms with van der Waals surface area (Å²) >= 11 is 2.10. The summed E-state index contributed by atoms with van der Waals surface area (Å²) < 4.78 is 5.42. The summed E-state index contributed by atoms with van der Waals surface area (Å²) in [6.07, 6.45) is 2.41. The first-order chi connectivity index (χ1) is 9.29. The van der Waals surface area contributed by atoms with Crippen LogP contribution in [0.3, 0.4) is 0 Å². The van der Waals surface area contributed by atoms with E-state index >= 15 is 0 Å². The SMILES string of the molecule is CCNC(CSC1CCOCC1)c1ccc(C)cc1. The Kier molecular flexibility index (Phi) is 6.21. The van der Waals surface area contributed by atoms with Crippen LogP contribution in [0.4, 0.5) is 0 Å². The number of nitrogens with one attached hydrogen (secondary N) is 1. The summed E-state index contributed by atoms with van der Waals surface area (Å²) in [5.41, 5.74) is 2.74. The molecule has 1 heterocycles. The molecule has 1 aliphatic heterocycles. The van der Waals surface area contributed by atoms with Crippen molar-refractivity contribution in [1.82, 2.24) is 5.32 Å². The number of benzene rings is 1. The van der Waals surface area contributed by atoms with Gasteiger partial charge in [-0.25, -0.2) is 0 Å². The Morgan fingerprint density at radius 3 is 2.58 bits per heavy atom. The lowest BCUT2D eigenvalue weighted by Crippen LogP contribution is -2.25. The minimum atomic E-state index is 0.471. The molecule has 0 radical (unpaired) electrons. The zero-order chi connectivity index (χ0) is 13.5. The first-order valence-electron chi connectivity index (χ1n) is 7.29. The fourth-order valence-electron chi connectivity index (χ4n) is 2.39. The van der Waals surface area contributed by atoms with Gasteiger partial charge in [0, 0.05) is 30.3 Å². The van der Waals surface area contributed by atoms with E-state index in [1.165, 1.54) is 24.0 Å². The number of thioether (sulfide) groups is 1. The van der Waals surface area contributed by atoms with Gasteiger partial charge in [-0.05, 0) is 31.9 Å². The summed E-state index contributed by atoms with van der Waals surface area (Å²) in [7, 11) is 0. The quantitative estimate of drug-likeness (QED) is 0.860. The summed E-state index contributed by atoms with van der Waals surface area (Å²) in [4.78, 5) is 0. The maximum absolute atomic E-state index is 5.42. The predicted molar refractivity (Wildman–Crippen MR) is 83.9 cm³/mol. The second-order valence-electron chi connectivity index (χ2n) is 5.17. The standard InChI is InChI=1S/C16H25NOS/c1-3-17-16(14-6-4-13(2)5-7-14)12-19-15-8-10-18-11-9-15/h4-7,15-17H,3,8-12H2,1-2H3. The molecule has 0 saturated carbocycles. The molecule has 1 atom stereocenters. The smallest absolute Gasteiger partial charge is 0.0476 e. The third-order valence-corrected chi connectivity index (χ3v) is 5.07.